The zero-order valence-corrected chi connectivity index (χ0v) is 10.8. The van der Waals surface area contributed by atoms with E-state index in [0.717, 1.165) is 25.9 Å². The van der Waals surface area contributed by atoms with Crippen molar-refractivity contribution in [2.75, 3.05) is 6.61 Å². The SMILES string of the molecule is NNC(CCC1CCCO1)C1Cc2ccccc21. The van der Waals surface area contributed by atoms with Crippen LogP contribution in [0.4, 0.5) is 0 Å². The van der Waals surface area contributed by atoms with Crippen molar-refractivity contribution in [3.05, 3.63) is 35.4 Å². The zero-order valence-electron chi connectivity index (χ0n) is 10.8. The molecule has 18 heavy (non-hydrogen) atoms. The number of nitrogens with two attached hydrogens (primary N) is 1. The molecule has 98 valence electrons. The molecule has 0 amide bonds. The highest BCUT2D eigenvalue weighted by atomic mass is 16.5. The number of hydrazine groups is 1. The molecule has 3 N–H and O–H groups in total. The monoisotopic (exact) mass is 246 g/mol. The highest BCUT2D eigenvalue weighted by molar-refractivity contribution is 5.41. The van der Waals surface area contributed by atoms with E-state index in [9.17, 15) is 0 Å². The maximum atomic E-state index is 5.73. The van der Waals surface area contributed by atoms with Crippen LogP contribution in [0.1, 0.15) is 42.7 Å². The fourth-order valence-electron chi connectivity index (χ4n) is 3.29. The molecule has 0 saturated carbocycles. The Morgan fingerprint density at radius 1 is 1.39 bits per heavy atom. The summed E-state index contributed by atoms with van der Waals surface area (Å²) in [7, 11) is 0. The van der Waals surface area contributed by atoms with Gasteiger partial charge in [0.2, 0.25) is 0 Å². The van der Waals surface area contributed by atoms with E-state index in [1.165, 1.54) is 24.0 Å². The number of rotatable bonds is 5. The van der Waals surface area contributed by atoms with E-state index in [2.05, 4.69) is 29.7 Å². The van der Waals surface area contributed by atoms with Crippen LogP contribution in [0.5, 0.6) is 0 Å². The van der Waals surface area contributed by atoms with Crippen LogP contribution in [-0.2, 0) is 11.2 Å². The lowest BCUT2D eigenvalue weighted by atomic mass is 9.72. The van der Waals surface area contributed by atoms with Crippen LogP contribution < -0.4 is 11.3 Å². The molecule has 0 bridgehead atoms. The first-order chi connectivity index (χ1) is 8.88. The maximum absolute atomic E-state index is 5.73. The van der Waals surface area contributed by atoms with Gasteiger partial charge in [-0.2, -0.15) is 0 Å². The summed E-state index contributed by atoms with van der Waals surface area (Å²) in [5, 5.41) is 0. The smallest absolute Gasteiger partial charge is 0.0576 e. The van der Waals surface area contributed by atoms with Gasteiger partial charge in [-0.1, -0.05) is 24.3 Å². The molecule has 0 radical (unpaired) electrons. The molecule has 3 heteroatoms. The Bertz CT molecular complexity index is 401. The van der Waals surface area contributed by atoms with Crippen molar-refractivity contribution >= 4 is 0 Å². The van der Waals surface area contributed by atoms with E-state index in [1.807, 2.05) is 0 Å². The van der Waals surface area contributed by atoms with Gasteiger partial charge in [-0.3, -0.25) is 11.3 Å². The first kappa shape index (κ1) is 12.2. The van der Waals surface area contributed by atoms with E-state index in [1.54, 1.807) is 0 Å². The number of hydrogen-bond donors (Lipinski definition) is 2. The van der Waals surface area contributed by atoms with Crippen LogP contribution in [0, 0.1) is 0 Å². The van der Waals surface area contributed by atoms with Gasteiger partial charge >= 0.3 is 0 Å². The molecule has 1 aliphatic carbocycles. The van der Waals surface area contributed by atoms with Gasteiger partial charge in [-0.15, -0.1) is 0 Å². The molecule has 1 aromatic rings. The summed E-state index contributed by atoms with van der Waals surface area (Å²) in [4.78, 5) is 0. The normalized spacial score (nSPS) is 27.6. The molecule has 3 atom stereocenters. The van der Waals surface area contributed by atoms with Gasteiger partial charge in [0.1, 0.15) is 0 Å². The number of hydrogen-bond acceptors (Lipinski definition) is 3. The van der Waals surface area contributed by atoms with Crippen molar-refractivity contribution < 1.29 is 4.74 Å². The lowest BCUT2D eigenvalue weighted by Crippen LogP contribution is -2.44. The van der Waals surface area contributed by atoms with E-state index in [0.29, 0.717) is 18.1 Å². The van der Waals surface area contributed by atoms with Crippen LogP contribution in [-0.4, -0.2) is 18.8 Å². The van der Waals surface area contributed by atoms with Crippen LogP contribution >= 0.6 is 0 Å². The van der Waals surface area contributed by atoms with Crippen LogP contribution in [0.2, 0.25) is 0 Å². The molecular weight excluding hydrogens is 224 g/mol. The first-order valence-electron chi connectivity index (χ1n) is 7.04. The summed E-state index contributed by atoms with van der Waals surface area (Å²) in [6, 6.07) is 9.09. The summed E-state index contributed by atoms with van der Waals surface area (Å²) >= 11 is 0. The Hall–Kier alpha value is -0.900. The Labute approximate surface area is 109 Å². The van der Waals surface area contributed by atoms with Crippen LogP contribution in [0.15, 0.2) is 24.3 Å². The van der Waals surface area contributed by atoms with Crippen molar-refractivity contribution in [3.8, 4) is 0 Å². The van der Waals surface area contributed by atoms with Crippen LogP contribution in [0.25, 0.3) is 0 Å². The topological polar surface area (TPSA) is 47.3 Å². The molecule has 1 aromatic carbocycles. The molecule has 0 aromatic heterocycles. The predicted octanol–water partition coefficient (Wildman–Crippen LogP) is 2.12. The Morgan fingerprint density at radius 3 is 3.00 bits per heavy atom. The second-order valence-corrected chi connectivity index (χ2v) is 5.49. The summed E-state index contributed by atoms with van der Waals surface area (Å²) in [5.74, 6) is 6.32. The Balaban J connectivity index is 1.57. The standard InChI is InChI=1S/C15H22N2O/c16-17-15(8-7-12-5-3-9-18-12)14-10-11-4-1-2-6-13(11)14/h1-2,4,6,12,14-15,17H,3,5,7-10,16H2. The number of benzene rings is 1. The van der Waals surface area contributed by atoms with E-state index in [4.69, 9.17) is 10.6 Å². The summed E-state index contributed by atoms with van der Waals surface area (Å²) in [6.45, 7) is 0.942. The minimum absolute atomic E-state index is 0.393. The van der Waals surface area contributed by atoms with Crippen molar-refractivity contribution in [2.24, 2.45) is 5.84 Å². The van der Waals surface area contributed by atoms with Gasteiger partial charge in [-0.25, -0.2) is 0 Å². The van der Waals surface area contributed by atoms with Crippen molar-refractivity contribution in [1.82, 2.24) is 5.43 Å². The first-order valence-corrected chi connectivity index (χ1v) is 7.04. The second-order valence-electron chi connectivity index (χ2n) is 5.49. The number of ether oxygens (including phenoxy) is 1. The van der Waals surface area contributed by atoms with Gasteiger partial charge in [0.05, 0.1) is 6.10 Å². The third-order valence-corrected chi connectivity index (χ3v) is 4.42. The summed E-state index contributed by atoms with van der Waals surface area (Å²) in [6.07, 6.45) is 6.32. The van der Waals surface area contributed by atoms with Crippen LogP contribution in [0.3, 0.4) is 0 Å². The lowest BCUT2D eigenvalue weighted by Gasteiger charge is -2.36. The zero-order chi connectivity index (χ0) is 12.4. The van der Waals surface area contributed by atoms with E-state index < -0.39 is 0 Å². The fraction of sp³-hybridized carbons (Fsp3) is 0.600. The summed E-state index contributed by atoms with van der Waals surface area (Å²) in [5.41, 5.74) is 5.98. The molecule has 3 nitrogen and oxygen atoms in total. The van der Waals surface area contributed by atoms with Gasteiger partial charge in [0, 0.05) is 18.6 Å². The average Bonchev–Trinajstić information content (AvgIpc) is 2.88. The highest BCUT2D eigenvalue weighted by Crippen LogP contribution is 2.38. The molecule has 1 aliphatic heterocycles. The minimum Gasteiger partial charge on any atom is -0.378 e. The van der Waals surface area contributed by atoms with Crippen molar-refractivity contribution in [2.45, 2.75) is 50.2 Å². The van der Waals surface area contributed by atoms with Gasteiger partial charge < -0.3 is 4.74 Å². The molecule has 3 rings (SSSR count). The molecule has 1 heterocycles. The fourth-order valence-corrected chi connectivity index (χ4v) is 3.29. The number of fused-ring (bicyclic) bond motifs is 1. The largest absolute Gasteiger partial charge is 0.378 e. The minimum atomic E-state index is 0.393. The van der Waals surface area contributed by atoms with Gasteiger partial charge in [0.25, 0.3) is 0 Å². The van der Waals surface area contributed by atoms with Gasteiger partial charge in [0.15, 0.2) is 0 Å². The highest BCUT2D eigenvalue weighted by Gasteiger charge is 2.32. The molecule has 1 saturated heterocycles. The Kier molecular flexibility index (Phi) is 3.64. The second kappa shape index (κ2) is 5.39. The average molecular weight is 246 g/mol. The summed E-state index contributed by atoms with van der Waals surface area (Å²) < 4.78 is 5.68. The predicted molar refractivity (Wildman–Crippen MR) is 72.2 cm³/mol. The molecule has 2 aliphatic rings. The van der Waals surface area contributed by atoms with Gasteiger partial charge in [-0.05, 0) is 43.2 Å². The maximum Gasteiger partial charge on any atom is 0.0576 e. The molecule has 1 fully saturated rings. The van der Waals surface area contributed by atoms with Crippen molar-refractivity contribution in [1.29, 1.82) is 0 Å². The lowest BCUT2D eigenvalue weighted by molar-refractivity contribution is 0.0982. The molecule has 3 unspecified atom stereocenters. The number of nitrogens with one attached hydrogen (secondary N) is 1. The van der Waals surface area contributed by atoms with E-state index in [-0.39, 0.29) is 0 Å². The third kappa shape index (κ3) is 2.30. The molecule has 0 spiro atoms. The molecular formula is C15H22N2O. The van der Waals surface area contributed by atoms with Crippen molar-refractivity contribution in [3.63, 3.8) is 0 Å². The van der Waals surface area contributed by atoms with E-state index >= 15 is 0 Å². The quantitative estimate of drug-likeness (QED) is 0.618. The third-order valence-electron chi connectivity index (χ3n) is 4.42. The Morgan fingerprint density at radius 2 is 2.28 bits per heavy atom.